The zero-order valence-corrected chi connectivity index (χ0v) is 29.0. The quantitative estimate of drug-likeness (QED) is 0.0842. The molecule has 0 fully saturated rings. The highest BCUT2D eigenvalue weighted by molar-refractivity contribution is 6.30. The van der Waals surface area contributed by atoms with Gasteiger partial charge in [-0.25, -0.2) is 0 Å². The van der Waals surface area contributed by atoms with Gasteiger partial charge in [0.15, 0.2) is 5.78 Å². The van der Waals surface area contributed by atoms with Gasteiger partial charge in [-0.05, 0) is 56.4 Å². The number of likely N-dealkylation sites (N-methyl/N-ethyl adjacent to an activating group) is 1. The van der Waals surface area contributed by atoms with Crippen molar-refractivity contribution in [2.75, 3.05) is 40.4 Å². The van der Waals surface area contributed by atoms with Crippen molar-refractivity contribution in [3.63, 3.8) is 0 Å². The van der Waals surface area contributed by atoms with Gasteiger partial charge in [0, 0.05) is 17.2 Å². The summed E-state index contributed by atoms with van der Waals surface area (Å²) in [4.78, 5) is 27.2. The molecule has 1 N–H and O–H groups in total. The predicted molar refractivity (Wildman–Crippen MR) is 184 cm³/mol. The molecule has 3 rings (SSSR count). The van der Waals surface area contributed by atoms with Gasteiger partial charge in [0.25, 0.3) is 0 Å². The summed E-state index contributed by atoms with van der Waals surface area (Å²) in [5.41, 5.74) is 1.62. The van der Waals surface area contributed by atoms with Crippen LogP contribution in [0.3, 0.4) is 0 Å². The molecule has 45 heavy (non-hydrogen) atoms. The standard InChI is InChI=1S/C39H59NO5/c1-6-8-10-12-14-16-18-20-22-40(4,23-21-19-17-15-13-11-9-7-2)24-25-45-35-27-30(3)26-32-37(35)39(43)36-33(38(32)42)28-31(44-5)29-34(36)41/h26-29H,6-25H2,1-5H3/p+1. The maximum absolute atomic E-state index is 13.7. The van der Waals surface area contributed by atoms with Crippen LogP contribution < -0.4 is 9.47 Å². The van der Waals surface area contributed by atoms with Crippen LogP contribution in [-0.2, 0) is 0 Å². The Morgan fingerprint density at radius 3 is 1.69 bits per heavy atom. The number of benzene rings is 2. The third kappa shape index (κ3) is 10.9. The molecule has 0 heterocycles. The van der Waals surface area contributed by atoms with Gasteiger partial charge in [-0.2, -0.15) is 0 Å². The van der Waals surface area contributed by atoms with E-state index in [0.29, 0.717) is 23.7 Å². The molecule has 0 saturated carbocycles. The first-order chi connectivity index (χ1) is 21.7. The Hall–Kier alpha value is -2.86. The Morgan fingerprint density at radius 2 is 1.16 bits per heavy atom. The average Bonchev–Trinajstić information content (AvgIpc) is 3.01. The number of carbonyl (C=O) groups excluding carboxylic acids is 2. The van der Waals surface area contributed by atoms with Gasteiger partial charge in [0.2, 0.25) is 5.78 Å². The molecule has 1 aliphatic carbocycles. The summed E-state index contributed by atoms with van der Waals surface area (Å²) in [6, 6.07) is 6.49. The van der Waals surface area contributed by atoms with E-state index in [0.717, 1.165) is 29.7 Å². The van der Waals surface area contributed by atoms with E-state index in [-0.39, 0.29) is 34.0 Å². The number of carbonyl (C=O) groups is 2. The maximum Gasteiger partial charge on any atom is 0.201 e. The Bertz CT molecular complexity index is 1220. The second-order valence-electron chi connectivity index (χ2n) is 13.5. The number of fused-ring (bicyclic) bond motifs is 2. The van der Waals surface area contributed by atoms with Gasteiger partial charge >= 0.3 is 0 Å². The van der Waals surface area contributed by atoms with Gasteiger partial charge in [-0.15, -0.1) is 0 Å². The minimum atomic E-state index is -0.384. The van der Waals surface area contributed by atoms with Crippen molar-refractivity contribution < 1.29 is 28.7 Å². The molecule has 0 bridgehead atoms. The summed E-state index contributed by atoms with van der Waals surface area (Å²) in [6.45, 7) is 10.00. The number of methoxy groups -OCH3 is 1. The van der Waals surface area contributed by atoms with Crippen molar-refractivity contribution in [2.45, 2.75) is 124 Å². The van der Waals surface area contributed by atoms with Crippen molar-refractivity contribution in [1.29, 1.82) is 0 Å². The highest BCUT2D eigenvalue weighted by Gasteiger charge is 2.36. The molecule has 250 valence electrons. The summed E-state index contributed by atoms with van der Waals surface area (Å²) in [5, 5.41) is 10.7. The van der Waals surface area contributed by atoms with E-state index < -0.39 is 0 Å². The van der Waals surface area contributed by atoms with E-state index in [1.54, 1.807) is 6.07 Å². The second kappa shape index (κ2) is 19.0. The number of aromatic hydroxyl groups is 1. The molecule has 0 aliphatic heterocycles. The van der Waals surface area contributed by atoms with Crippen LogP contribution >= 0.6 is 0 Å². The fourth-order valence-corrected chi connectivity index (χ4v) is 6.65. The van der Waals surface area contributed by atoms with E-state index in [1.165, 1.54) is 122 Å². The fourth-order valence-electron chi connectivity index (χ4n) is 6.65. The lowest BCUT2D eigenvalue weighted by molar-refractivity contribution is -0.910. The normalized spacial score (nSPS) is 12.7. The Kier molecular flexibility index (Phi) is 15.4. The number of aryl methyl sites for hydroxylation is 1. The van der Waals surface area contributed by atoms with Gasteiger partial charge in [-0.1, -0.05) is 90.9 Å². The zero-order valence-electron chi connectivity index (χ0n) is 29.0. The van der Waals surface area contributed by atoms with Crippen LogP contribution in [0.25, 0.3) is 0 Å². The topological polar surface area (TPSA) is 72.8 Å². The molecule has 0 spiro atoms. The second-order valence-corrected chi connectivity index (χ2v) is 13.5. The molecular weight excluding hydrogens is 562 g/mol. The summed E-state index contributed by atoms with van der Waals surface area (Å²) in [6.07, 6.45) is 21.0. The zero-order chi connectivity index (χ0) is 32.7. The molecule has 0 amide bonds. The Balaban J connectivity index is 1.65. The molecule has 0 saturated heterocycles. The van der Waals surface area contributed by atoms with Crippen LogP contribution in [0.4, 0.5) is 0 Å². The van der Waals surface area contributed by atoms with Crippen LogP contribution in [0.2, 0.25) is 0 Å². The number of nitrogens with zero attached hydrogens (tertiary/aromatic N) is 1. The number of ketones is 2. The molecule has 0 unspecified atom stereocenters. The number of rotatable bonds is 23. The molecule has 0 aromatic heterocycles. The first-order valence-electron chi connectivity index (χ1n) is 17.9. The summed E-state index contributed by atoms with van der Waals surface area (Å²) >= 11 is 0. The maximum atomic E-state index is 13.7. The SMILES string of the molecule is CCCCCCCCCC[N+](C)(CCCCCCCCCC)CCOc1cc(C)cc2c1C(=O)c1c(O)cc(OC)cc1C2=O. The molecule has 0 atom stereocenters. The molecule has 2 aromatic rings. The van der Waals surface area contributed by atoms with Gasteiger partial charge in [0.05, 0.1) is 38.4 Å². The monoisotopic (exact) mass is 622 g/mol. The number of quaternary nitrogens is 1. The molecule has 0 radical (unpaired) electrons. The van der Waals surface area contributed by atoms with E-state index in [1.807, 2.05) is 13.0 Å². The first kappa shape index (κ1) is 36.6. The van der Waals surface area contributed by atoms with Crippen molar-refractivity contribution in [1.82, 2.24) is 0 Å². The summed E-state index contributed by atoms with van der Waals surface area (Å²) < 4.78 is 12.6. The van der Waals surface area contributed by atoms with Crippen LogP contribution in [0, 0.1) is 6.92 Å². The number of hydrogen-bond acceptors (Lipinski definition) is 5. The Labute approximate surface area is 273 Å². The van der Waals surface area contributed by atoms with Gasteiger partial charge in [-0.3, -0.25) is 9.59 Å². The Morgan fingerprint density at radius 1 is 0.644 bits per heavy atom. The van der Waals surface area contributed by atoms with E-state index in [2.05, 4.69) is 20.9 Å². The summed E-state index contributed by atoms with van der Waals surface area (Å²) in [5.74, 6) is -0.169. The smallest absolute Gasteiger partial charge is 0.201 e. The predicted octanol–water partition coefficient (Wildman–Crippen LogP) is 9.59. The fraction of sp³-hybridized carbons (Fsp3) is 0.641. The van der Waals surface area contributed by atoms with Crippen LogP contribution in [0.15, 0.2) is 24.3 Å². The number of phenols is 1. The molecule has 6 nitrogen and oxygen atoms in total. The largest absolute Gasteiger partial charge is 0.507 e. The molecule has 1 aliphatic rings. The van der Waals surface area contributed by atoms with E-state index in [9.17, 15) is 14.7 Å². The molecule has 6 heteroatoms. The lowest BCUT2D eigenvalue weighted by Crippen LogP contribution is -2.48. The first-order valence-corrected chi connectivity index (χ1v) is 17.9. The lowest BCUT2D eigenvalue weighted by atomic mass is 9.82. The lowest BCUT2D eigenvalue weighted by Gasteiger charge is -2.35. The minimum absolute atomic E-state index is 0.0204. The average molecular weight is 623 g/mol. The van der Waals surface area contributed by atoms with Crippen LogP contribution in [0.5, 0.6) is 17.2 Å². The van der Waals surface area contributed by atoms with Crippen molar-refractivity contribution in [3.05, 3.63) is 52.1 Å². The van der Waals surface area contributed by atoms with E-state index in [4.69, 9.17) is 9.47 Å². The van der Waals surface area contributed by atoms with Gasteiger partial charge in [0.1, 0.15) is 30.4 Å². The van der Waals surface area contributed by atoms with E-state index >= 15 is 0 Å². The number of hydrogen-bond donors (Lipinski definition) is 1. The van der Waals surface area contributed by atoms with Gasteiger partial charge < -0.3 is 19.1 Å². The highest BCUT2D eigenvalue weighted by Crippen LogP contribution is 2.39. The third-order valence-corrected chi connectivity index (χ3v) is 9.51. The highest BCUT2D eigenvalue weighted by atomic mass is 16.5. The number of ether oxygens (including phenoxy) is 2. The van der Waals surface area contributed by atoms with Crippen LogP contribution in [0.1, 0.15) is 154 Å². The number of phenolic OH excluding ortho intramolecular Hbond substituents is 1. The van der Waals surface area contributed by atoms with Crippen LogP contribution in [-0.4, -0.2) is 61.6 Å². The van der Waals surface area contributed by atoms with Crippen molar-refractivity contribution in [3.8, 4) is 17.2 Å². The summed E-state index contributed by atoms with van der Waals surface area (Å²) in [7, 11) is 3.82. The van der Waals surface area contributed by atoms with Crippen molar-refractivity contribution in [2.24, 2.45) is 0 Å². The molecular formula is C39H60NO5+. The minimum Gasteiger partial charge on any atom is -0.507 e. The molecule has 2 aromatic carbocycles. The van der Waals surface area contributed by atoms with Crippen molar-refractivity contribution >= 4 is 11.6 Å². The third-order valence-electron chi connectivity index (χ3n) is 9.51. The number of unbranched alkanes of at least 4 members (excludes halogenated alkanes) is 14.